The standard InChI is InChI=1S/C25H21FN2O4/c26-20-7-4-17(5-8-20)25(30)28-11-1-2-18-13-19(6-9-21(18)28)24(29)27-14-16-3-10-22-23(12-16)32-15-31-22/h3-10,12-13H,1-2,11,14-15H2,(H,27,29). The van der Waals surface area contributed by atoms with Crippen LogP contribution in [0.5, 0.6) is 11.5 Å². The van der Waals surface area contributed by atoms with Gasteiger partial charge in [0.15, 0.2) is 11.5 Å². The van der Waals surface area contributed by atoms with Gasteiger partial charge in [0.05, 0.1) is 0 Å². The molecule has 2 amide bonds. The Morgan fingerprint density at radius 1 is 0.938 bits per heavy atom. The van der Waals surface area contributed by atoms with E-state index in [0.717, 1.165) is 29.7 Å². The van der Waals surface area contributed by atoms with Crippen molar-refractivity contribution in [2.45, 2.75) is 19.4 Å². The lowest BCUT2D eigenvalue weighted by atomic mass is 9.98. The minimum atomic E-state index is -0.378. The molecule has 32 heavy (non-hydrogen) atoms. The molecule has 0 bridgehead atoms. The number of ether oxygens (including phenoxy) is 2. The van der Waals surface area contributed by atoms with Crippen LogP contribution in [0.3, 0.4) is 0 Å². The number of nitrogens with zero attached hydrogens (tertiary/aromatic N) is 1. The first-order valence-corrected chi connectivity index (χ1v) is 10.5. The van der Waals surface area contributed by atoms with Gasteiger partial charge in [-0.05, 0) is 78.6 Å². The highest BCUT2D eigenvalue weighted by Gasteiger charge is 2.24. The van der Waals surface area contributed by atoms with E-state index in [4.69, 9.17) is 9.47 Å². The van der Waals surface area contributed by atoms with Crippen molar-refractivity contribution in [2.75, 3.05) is 18.2 Å². The van der Waals surface area contributed by atoms with E-state index < -0.39 is 0 Å². The monoisotopic (exact) mass is 432 g/mol. The van der Waals surface area contributed by atoms with E-state index in [1.54, 1.807) is 11.0 Å². The van der Waals surface area contributed by atoms with Gasteiger partial charge >= 0.3 is 0 Å². The van der Waals surface area contributed by atoms with E-state index in [-0.39, 0.29) is 24.4 Å². The first-order valence-electron chi connectivity index (χ1n) is 10.5. The van der Waals surface area contributed by atoms with Crippen molar-refractivity contribution in [3.05, 3.63) is 88.7 Å². The summed E-state index contributed by atoms with van der Waals surface area (Å²) in [4.78, 5) is 27.4. The Hall–Kier alpha value is -3.87. The zero-order valence-electron chi connectivity index (χ0n) is 17.3. The normalized spacial score (nSPS) is 14.1. The molecule has 7 heteroatoms. The highest BCUT2D eigenvalue weighted by Crippen LogP contribution is 2.33. The van der Waals surface area contributed by atoms with Gasteiger partial charge in [0.2, 0.25) is 6.79 Å². The van der Waals surface area contributed by atoms with Gasteiger partial charge in [-0.25, -0.2) is 4.39 Å². The van der Waals surface area contributed by atoms with Gasteiger partial charge < -0.3 is 19.7 Å². The van der Waals surface area contributed by atoms with Crippen LogP contribution in [-0.2, 0) is 13.0 Å². The van der Waals surface area contributed by atoms with E-state index in [2.05, 4.69) is 5.32 Å². The van der Waals surface area contributed by atoms with E-state index in [1.165, 1.54) is 24.3 Å². The maximum absolute atomic E-state index is 13.2. The van der Waals surface area contributed by atoms with Gasteiger partial charge in [-0.15, -0.1) is 0 Å². The maximum atomic E-state index is 13.2. The van der Waals surface area contributed by atoms with E-state index in [9.17, 15) is 14.0 Å². The Morgan fingerprint density at radius 3 is 2.56 bits per heavy atom. The van der Waals surface area contributed by atoms with Crippen molar-refractivity contribution in [3.8, 4) is 11.5 Å². The molecule has 0 unspecified atom stereocenters. The number of hydrogen-bond donors (Lipinski definition) is 1. The minimum absolute atomic E-state index is 0.175. The van der Waals surface area contributed by atoms with Crippen LogP contribution in [0.4, 0.5) is 10.1 Å². The number of anilines is 1. The van der Waals surface area contributed by atoms with Crippen LogP contribution >= 0.6 is 0 Å². The second kappa shape index (κ2) is 8.34. The molecule has 0 saturated heterocycles. The predicted octanol–water partition coefficient (Wildman–Crippen LogP) is 4.08. The van der Waals surface area contributed by atoms with Crippen molar-refractivity contribution < 1.29 is 23.5 Å². The molecule has 0 aliphatic carbocycles. The summed E-state index contributed by atoms with van der Waals surface area (Å²) in [5.74, 6) is 0.640. The molecule has 162 valence electrons. The van der Waals surface area contributed by atoms with Crippen LogP contribution in [-0.4, -0.2) is 25.2 Å². The quantitative estimate of drug-likeness (QED) is 0.675. The number of benzene rings is 3. The molecule has 5 rings (SSSR count). The molecule has 0 radical (unpaired) electrons. The summed E-state index contributed by atoms with van der Waals surface area (Å²) in [5, 5.41) is 2.93. The van der Waals surface area contributed by atoms with Crippen LogP contribution in [0.25, 0.3) is 0 Å². The SMILES string of the molecule is O=C(NCc1ccc2c(c1)OCO2)c1ccc2c(c1)CCCN2C(=O)c1ccc(F)cc1. The second-order valence-electron chi connectivity index (χ2n) is 7.78. The van der Waals surface area contributed by atoms with Crippen molar-refractivity contribution >= 4 is 17.5 Å². The molecule has 1 N–H and O–H groups in total. The number of fused-ring (bicyclic) bond motifs is 2. The van der Waals surface area contributed by atoms with E-state index in [1.807, 2.05) is 30.3 Å². The Balaban J connectivity index is 1.30. The van der Waals surface area contributed by atoms with Gasteiger partial charge in [-0.1, -0.05) is 6.07 Å². The average Bonchev–Trinajstić information content (AvgIpc) is 3.30. The molecular weight excluding hydrogens is 411 g/mol. The van der Waals surface area contributed by atoms with Crippen LogP contribution < -0.4 is 19.7 Å². The maximum Gasteiger partial charge on any atom is 0.258 e. The van der Waals surface area contributed by atoms with Crippen molar-refractivity contribution in [3.63, 3.8) is 0 Å². The first kappa shape index (κ1) is 20.1. The number of amides is 2. The molecule has 0 spiro atoms. The number of nitrogens with one attached hydrogen (secondary N) is 1. The van der Waals surface area contributed by atoms with Crippen molar-refractivity contribution in [1.82, 2.24) is 5.32 Å². The minimum Gasteiger partial charge on any atom is -0.454 e. The molecule has 3 aromatic carbocycles. The summed E-state index contributed by atoms with van der Waals surface area (Å²) in [6.07, 6.45) is 1.58. The Bertz CT molecular complexity index is 1190. The highest BCUT2D eigenvalue weighted by molar-refractivity contribution is 6.07. The third-order valence-electron chi connectivity index (χ3n) is 5.69. The summed E-state index contributed by atoms with van der Waals surface area (Å²) >= 11 is 0. The highest BCUT2D eigenvalue weighted by atomic mass is 19.1. The number of rotatable bonds is 4. The summed E-state index contributed by atoms with van der Waals surface area (Å²) in [6, 6.07) is 16.5. The lowest BCUT2D eigenvalue weighted by Gasteiger charge is -2.30. The molecule has 0 atom stereocenters. The molecule has 2 aliphatic heterocycles. The topological polar surface area (TPSA) is 67.9 Å². The van der Waals surface area contributed by atoms with Gasteiger partial charge in [0.1, 0.15) is 5.82 Å². The zero-order valence-corrected chi connectivity index (χ0v) is 17.3. The van der Waals surface area contributed by atoms with Crippen molar-refractivity contribution in [1.29, 1.82) is 0 Å². The fourth-order valence-corrected chi connectivity index (χ4v) is 4.03. The van der Waals surface area contributed by atoms with Crippen LogP contribution in [0.1, 0.15) is 38.3 Å². The number of halogens is 1. The lowest BCUT2D eigenvalue weighted by molar-refractivity contribution is 0.0950. The Kier molecular flexibility index (Phi) is 5.23. The fraction of sp³-hybridized carbons (Fsp3) is 0.200. The van der Waals surface area contributed by atoms with Gasteiger partial charge in [0, 0.05) is 29.9 Å². The zero-order chi connectivity index (χ0) is 22.1. The number of hydrogen-bond acceptors (Lipinski definition) is 4. The molecule has 0 saturated carbocycles. The summed E-state index contributed by atoms with van der Waals surface area (Å²) in [5.41, 5.74) is 3.63. The van der Waals surface area contributed by atoms with Gasteiger partial charge in [-0.2, -0.15) is 0 Å². The Morgan fingerprint density at radius 2 is 1.72 bits per heavy atom. The van der Waals surface area contributed by atoms with Gasteiger partial charge in [0.25, 0.3) is 11.8 Å². The number of carbonyl (C=O) groups is 2. The molecule has 0 fully saturated rings. The largest absolute Gasteiger partial charge is 0.454 e. The molecular formula is C25H21FN2O4. The summed E-state index contributed by atoms with van der Waals surface area (Å²) in [7, 11) is 0. The van der Waals surface area contributed by atoms with E-state index >= 15 is 0 Å². The molecule has 6 nitrogen and oxygen atoms in total. The smallest absolute Gasteiger partial charge is 0.258 e. The Labute approximate surface area is 184 Å². The summed E-state index contributed by atoms with van der Waals surface area (Å²) < 4.78 is 23.9. The molecule has 0 aromatic heterocycles. The van der Waals surface area contributed by atoms with Crippen molar-refractivity contribution in [2.24, 2.45) is 0 Å². The summed E-state index contributed by atoms with van der Waals surface area (Å²) in [6.45, 7) is 1.15. The number of carbonyl (C=O) groups excluding carboxylic acids is 2. The first-order chi connectivity index (χ1) is 15.6. The molecule has 2 aliphatic rings. The third-order valence-corrected chi connectivity index (χ3v) is 5.69. The van der Waals surface area contributed by atoms with Crippen LogP contribution in [0.15, 0.2) is 60.7 Å². The molecule has 2 heterocycles. The van der Waals surface area contributed by atoms with E-state index in [0.29, 0.717) is 35.7 Å². The average molecular weight is 432 g/mol. The van der Waals surface area contributed by atoms with Crippen LogP contribution in [0, 0.1) is 5.82 Å². The predicted molar refractivity (Wildman–Crippen MR) is 117 cm³/mol. The van der Waals surface area contributed by atoms with Crippen LogP contribution in [0.2, 0.25) is 0 Å². The van der Waals surface area contributed by atoms with Gasteiger partial charge in [-0.3, -0.25) is 9.59 Å². The molecule has 3 aromatic rings. The lowest BCUT2D eigenvalue weighted by Crippen LogP contribution is -2.35. The number of aryl methyl sites for hydroxylation is 1. The second-order valence-corrected chi connectivity index (χ2v) is 7.78. The third kappa shape index (κ3) is 3.89. The fourth-order valence-electron chi connectivity index (χ4n) is 4.03.